The Hall–Kier alpha value is -4.03. The molecule has 1 aromatic heterocycles. The third kappa shape index (κ3) is 4.29. The van der Waals surface area contributed by atoms with E-state index < -0.39 is 5.97 Å². The average molecular weight is 486 g/mol. The van der Waals surface area contributed by atoms with Crippen molar-refractivity contribution in [1.29, 1.82) is 0 Å². The van der Waals surface area contributed by atoms with Gasteiger partial charge in [-0.3, -0.25) is 0 Å². The number of fused-ring (bicyclic) bond motifs is 3. The number of rotatable bonds is 3. The molecule has 7 heteroatoms. The molecule has 0 bridgehead atoms. The fraction of sp³-hybridized carbons (Fsp3) is 0.143. The van der Waals surface area contributed by atoms with Crippen LogP contribution in [0.3, 0.4) is 0 Å². The summed E-state index contributed by atoms with van der Waals surface area (Å²) < 4.78 is 7.03. The molecule has 2 amide bonds. The van der Waals surface area contributed by atoms with Crippen molar-refractivity contribution in [2.75, 3.05) is 12.4 Å². The number of benzene rings is 3. The van der Waals surface area contributed by atoms with Gasteiger partial charge in [-0.25, -0.2) is 9.59 Å². The van der Waals surface area contributed by atoms with Gasteiger partial charge in [0.2, 0.25) is 0 Å². The lowest BCUT2D eigenvalue weighted by Gasteiger charge is -2.31. The first-order valence-corrected chi connectivity index (χ1v) is 11.6. The topological polar surface area (TPSA) is 63.6 Å². The summed E-state index contributed by atoms with van der Waals surface area (Å²) >= 11 is 6.20. The second-order valence-electron chi connectivity index (χ2n) is 8.49. The van der Waals surface area contributed by atoms with E-state index in [4.69, 9.17) is 16.3 Å². The summed E-state index contributed by atoms with van der Waals surface area (Å²) in [6.45, 7) is 2.41. The third-order valence-corrected chi connectivity index (χ3v) is 6.45. The molecule has 1 N–H and O–H groups in total. The van der Waals surface area contributed by atoms with Crippen molar-refractivity contribution in [3.8, 4) is 5.69 Å². The van der Waals surface area contributed by atoms with E-state index in [-0.39, 0.29) is 17.6 Å². The van der Waals surface area contributed by atoms with Crippen molar-refractivity contribution in [1.82, 2.24) is 9.47 Å². The van der Waals surface area contributed by atoms with Gasteiger partial charge in [0, 0.05) is 16.9 Å². The molecule has 176 valence electrons. The maximum atomic E-state index is 13.9. The summed E-state index contributed by atoms with van der Waals surface area (Å²) in [6.07, 6.45) is 2.02. The predicted octanol–water partition coefficient (Wildman–Crippen LogP) is 6.36. The normalized spacial score (nSPS) is 14.5. The molecule has 6 nitrogen and oxygen atoms in total. The van der Waals surface area contributed by atoms with Crippen molar-refractivity contribution in [3.63, 3.8) is 0 Å². The number of amides is 2. The van der Waals surface area contributed by atoms with Gasteiger partial charge < -0.3 is 19.5 Å². The second kappa shape index (κ2) is 9.31. The molecule has 3 aromatic carbocycles. The van der Waals surface area contributed by atoms with Gasteiger partial charge in [-0.05, 0) is 54.4 Å². The van der Waals surface area contributed by atoms with Crippen LogP contribution in [-0.2, 0) is 11.3 Å². The molecule has 35 heavy (non-hydrogen) atoms. The van der Waals surface area contributed by atoms with Gasteiger partial charge >= 0.3 is 12.0 Å². The van der Waals surface area contributed by atoms with Crippen molar-refractivity contribution >= 4 is 29.3 Å². The molecule has 1 atom stereocenters. The first-order valence-electron chi connectivity index (χ1n) is 11.2. The largest absolute Gasteiger partial charge is 0.465 e. The van der Waals surface area contributed by atoms with Crippen LogP contribution >= 0.6 is 11.6 Å². The molecule has 0 aliphatic carbocycles. The Morgan fingerprint density at radius 1 is 1.00 bits per heavy atom. The summed E-state index contributed by atoms with van der Waals surface area (Å²) in [6, 6.07) is 24.2. The van der Waals surface area contributed by atoms with Crippen molar-refractivity contribution in [2.24, 2.45) is 0 Å². The zero-order valence-corrected chi connectivity index (χ0v) is 20.1. The van der Waals surface area contributed by atoms with E-state index in [1.807, 2.05) is 61.7 Å². The van der Waals surface area contributed by atoms with Crippen LogP contribution in [0, 0.1) is 6.92 Å². The number of urea groups is 1. The van der Waals surface area contributed by atoms with Crippen LogP contribution in [-0.4, -0.2) is 28.6 Å². The van der Waals surface area contributed by atoms with Gasteiger partial charge in [-0.2, -0.15) is 0 Å². The van der Waals surface area contributed by atoms with Gasteiger partial charge in [0.1, 0.15) is 0 Å². The Morgan fingerprint density at radius 3 is 2.63 bits per heavy atom. The fourth-order valence-corrected chi connectivity index (χ4v) is 4.80. The number of aromatic nitrogens is 1. The quantitative estimate of drug-likeness (QED) is 0.343. The SMILES string of the molecule is COC(=O)c1ccc(Cl)cc1NC(=O)N1Cc2ccccc2-n2cccc2C1c1cccc(C)c1. The molecule has 1 aliphatic rings. The van der Waals surface area contributed by atoms with E-state index in [9.17, 15) is 9.59 Å². The monoisotopic (exact) mass is 485 g/mol. The number of hydrogen-bond acceptors (Lipinski definition) is 3. The van der Waals surface area contributed by atoms with Gasteiger partial charge in [0.05, 0.1) is 36.6 Å². The molecule has 0 radical (unpaired) electrons. The molecular formula is C28H24ClN3O3. The first kappa shape index (κ1) is 22.7. The summed E-state index contributed by atoms with van der Waals surface area (Å²) in [7, 11) is 1.30. The van der Waals surface area contributed by atoms with Crippen molar-refractivity contribution in [2.45, 2.75) is 19.5 Å². The highest BCUT2D eigenvalue weighted by Gasteiger charge is 2.33. The number of ether oxygens (including phenoxy) is 1. The summed E-state index contributed by atoms with van der Waals surface area (Å²) in [5, 5.41) is 3.33. The number of esters is 1. The van der Waals surface area contributed by atoms with Gasteiger partial charge in [0.15, 0.2) is 0 Å². The minimum atomic E-state index is -0.553. The van der Waals surface area contributed by atoms with E-state index in [0.29, 0.717) is 17.3 Å². The van der Waals surface area contributed by atoms with Gasteiger partial charge in [-0.15, -0.1) is 0 Å². The van der Waals surface area contributed by atoms with Crippen LogP contribution in [0.1, 0.15) is 38.8 Å². The smallest absolute Gasteiger partial charge is 0.339 e. The molecule has 0 spiro atoms. The van der Waals surface area contributed by atoms with E-state index >= 15 is 0 Å². The number of carbonyl (C=O) groups excluding carboxylic acids is 2. The standard InChI is InChI=1S/C28H24ClN3O3/c1-18-7-5-9-19(15-18)26-25-11-6-14-31(25)24-10-4-3-8-20(24)17-32(26)28(34)30-23-16-21(29)12-13-22(23)27(33)35-2/h3-16,26H,17H2,1-2H3,(H,30,34). The maximum absolute atomic E-state index is 13.9. The lowest BCUT2D eigenvalue weighted by Crippen LogP contribution is -2.38. The summed E-state index contributed by atoms with van der Waals surface area (Å²) in [4.78, 5) is 28.0. The van der Waals surface area contributed by atoms with E-state index in [2.05, 4.69) is 22.0 Å². The summed E-state index contributed by atoms with van der Waals surface area (Å²) in [5.74, 6) is -0.553. The number of nitrogens with zero attached hydrogens (tertiary/aromatic N) is 2. The Bertz CT molecular complexity index is 1430. The molecule has 1 aliphatic heterocycles. The Balaban J connectivity index is 1.63. The lowest BCUT2D eigenvalue weighted by atomic mass is 10.00. The second-order valence-corrected chi connectivity index (χ2v) is 8.92. The number of methoxy groups -OCH3 is 1. The molecule has 0 fully saturated rings. The molecule has 5 rings (SSSR count). The molecule has 4 aromatic rings. The average Bonchev–Trinajstić information content (AvgIpc) is 3.27. The lowest BCUT2D eigenvalue weighted by molar-refractivity contribution is 0.0602. The highest BCUT2D eigenvalue weighted by molar-refractivity contribution is 6.31. The number of aryl methyl sites for hydroxylation is 1. The van der Waals surface area contributed by atoms with Crippen LogP contribution in [0.5, 0.6) is 0 Å². The van der Waals surface area contributed by atoms with E-state index in [1.54, 1.807) is 23.1 Å². The Morgan fingerprint density at radius 2 is 1.83 bits per heavy atom. The third-order valence-electron chi connectivity index (χ3n) is 6.21. The van der Waals surface area contributed by atoms with E-state index in [1.165, 1.54) is 7.11 Å². The molecule has 0 saturated carbocycles. The zero-order valence-electron chi connectivity index (χ0n) is 19.4. The minimum Gasteiger partial charge on any atom is -0.465 e. The Labute approximate surface area is 208 Å². The predicted molar refractivity (Wildman–Crippen MR) is 136 cm³/mol. The molecule has 1 unspecified atom stereocenters. The van der Waals surface area contributed by atoms with Crippen LogP contribution in [0.15, 0.2) is 85.1 Å². The first-order chi connectivity index (χ1) is 17.0. The number of carbonyl (C=O) groups is 2. The summed E-state index contributed by atoms with van der Waals surface area (Å²) in [5.41, 5.74) is 5.63. The fourth-order valence-electron chi connectivity index (χ4n) is 4.63. The van der Waals surface area contributed by atoms with Crippen LogP contribution in [0.2, 0.25) is 5.02 Å². The maximum Gasteiger partial charge on any atom is 0.339 e. The number of hydrogen-bond donors (Lipinski definition) is 1. The van der Waals surface area contributed by atoms with Crippen LogP contribution in [0.4, 0.5) is 10.5 Å². The highest BCUT2D eigenvalue weighted by atomic mass is 35.5. The highest BCUT2D eigenvalue weighted by Crippen LogP contribution is 2.37. The van der Waals surface area contributed by atoms with Gasteiger partial charge in [-0.1, -0.05) is 59.6 Å². The molecular weight excluding hydrogens is 462 g/mol. The number of halogens is 1. The van der Waals surface area contributed by atoms with Crippen LogP contribution < -0.4 is 5.32 Å². The number of para-hydroxylation sites is 1. The number of nitrogens with one attached hydrogen (secondary N) is 1. The van der Waals surface area contributed by atoms with Crippen LogP contribution in [0.25, 0.3) is 5.69 Å². The van der Waals surface area contributed by atoms with Gasteiger partial charge in [0.25, 0.3) is 0 Å². The van der Waals surface area contributed by atoms with E-state index in [0.717, 1.165) is 28.1 Å². The number of anilines is 1. The Kier molecular flexibility index (Phi) is 6.05. The van der Waals surface area contributed by atoms with Crippen molar-refractivity contribution < 1.29 is 14.3 Å². The zero-order chi connectivity index (χ0) is 24.5. The molecule has 2 heterocycles. The molecule has 0 saturated heterocycles. The minimum absolute atomic E-state index is 0.232. The van der Waals surface area contributed by atoms with Crippen molar-refractivity contribution in [3.05, 3.63) is 118 Å².